The fraction of sp³-hybridized carbons (Fsp3) is 0.125. The van der Waals surface area contributed by atoms with Crippen molar-refractivity contribution in [1.29, 1.82) is 0 Å². The van der Waals surface area contributed by atoms with Crippen LogP contribution < -0.4 is 19.7 Å². The van der Waals surface area contributed by atoms with Crippen LogP contribution in [0.1, 0.15) is 32.6 Å². The molecule has 0 radical (unpaired) electrons. The third-order valence-corrected chi connectivity index (χ3v) is 6.40. The summed E-state index contributed by atoms with van der Waals surface area (Å²) in [4.78, 5) is 27.9. The number of ether oxygens (including phenoxy) is 2. The highest BCUT2D eigenvalue weighted by Gasteiger charge is 2.30. The number of hydrogen-bond acceptors (Lipinski definition) is 4. The number of amides is 2. The minimum Gasteiger partial charge on any atom is -0.496 e. The molecule has 0 bridgehead atoms. The van der Waals surface area contributed by atoms with Gasteiger partial charge in [-0.3, -0.25) is 14.5 Å². The van der Waals surface area contributed by atoms with Crippen molar-refractivity contribution in [3.8, 4) is 11.5 Å². The Hall–Kier alpha value is -4.84. The van der Waals surface area contributed by atoms with Crippen LogP contribution in [0.25, 0.3) is 6.08 Å². The van der Waals surface area contributed by atoms with Crippen LogP contribution in [0.5, 0.6) is 11.5 Å². The number of nitrogens with one attached hydrogen (secondary N) is 1. The van der Waals surface area contributed by atoms with Gasteiger partial charge in [-0.2, -0.15) is 0 Å². The van der Waals surface area contributed by atoms with Crippen molar-refractivity contribution in [2.45, 2.75) is 20.0 Å². The molecule has 0 fully saturated rings. The predicted octanol–water partition coefficient (Wildman–Crippen LogP) is 5.90. The van der Waals surface area contributed by atoms with Crippen LogP contribution in [0.3, 0.4) is 0 Å². The van der Waals surface area contributed by atoms with Crippen molar-refractivity contribution in [2.75, 3.05) is 12.0 Å². The van der Waals surface area contributed by atoms with E-state index in [-0.39, 0.29) is 17.6 Å². The summed E-state index contributed by atoms with van der Waals surface area (Å²) in [7, 11) is 1.61. The zero-order valence-electron chi connectivity index (χ0n) is 21.3. The van der Waals surface area contributed by atoms with E-state index in [0.29, 0.717) is 24.4 Å². The first-order valence-electron chi connectivity index (χ1n) is 12.4. The van der Waals surface area contributed by atoms with E-state index in [2.05, 4.69) is 5.32 Å². The Balaban J connectivity index is 1.32. The molecule has 0 unspecified atom stereocenters. The molecular weight excluding hydrogens is 476 g/mol. The molecule has 0 saturated carbocycles. The van der Waals surface area contributed by atoms with E-state index < -0.39 is 0 Å². The lowest BCUT2D eigenvalue weighted by molar-refractivity contribution is -0.117. The number of carbonyl (C=O) groups excluding carboxylic acids is 2. The summed E-state index contributed by atoms with van der Waals surface area (Å²) in [5.41, 5.74) is 5.10. The maximum Gasteiger partial charge on any atom is 0.294 e. The molecule has 2 amide bonds. The number of aryl methyl sites for hydroxylation is 1. The molecular formula is C32H28N2O4. The fourth-order valence-electron chi connectivity index (χ4n) is 4.30. The lowest BCUT2D eigenvalue weighted by Gasteiger charge is -2.30. The standard InChI is InChI=1S/C32H28N2O4/c1-22-11-13-24(14-12-22)21-34-27-8-4-6-10-29(27)38-30(32(34)36)19-23-15-17-25(18-16-23)31(35)33-20-26-7-3-5-9-28(26)37-2/h3-19H,20-21H2,1-2H3,(H,33,35). The van der Waals surface area contributed by atoms with Crippen molar-refractivity contribution in [2.24, 2.45) is 0 Å². The first-order valence-corrected chi connectivity index (χ1v) is 12.4. The quantitative estimate of drug-likeness (QED) is 0.318. The number of methoxy groups -OCH3 is 1. The second-order valence-corrected chi connectivity index (χ2v) is 9.07. The molecule has 1 heterocycles. The molecule has 0 aliphatic carbocycles. The van der Waals surface area contributed by atoms with Gasteiger partial charge in [0.25, 0.3) is 11.8 Å². The van der Waals surface area contributed by atoms with Gasteiger partial charge in [-0.05, 0) is 54.5 Å². The number of carbonyl (C=O) groups is 2. The number of para-hydroxylation sites is 3. The lowest BCUT2D eigenvalue weighted by atomic mass is 10.1. The van der Waals surface area contributed by atoms with E-state index in [1.165, 1.54) is 5.56 Å². The molecule has 4 aromatic rings. The number of anilines is 1. The van der Waals surface area contributed by atoms with Crippen LogP contribution in [0.15, 0.2) is 103 Å². The second-order valence-electron chi connectivity index (χ2n) is 9.07. The van der Waals surface area contributed by atoms with Crippen LogP contribution in [0.4, 0.5) is 5.69 Å². The zero-order chi connectivity index (χ0) is 26.5. The number of benzene rings is 4. The SMILES string of the molecule is COc1ccccc1CNC(=O)c1ccc(C=C2Oc3ccccc3N(Cc3ccc(C)cc3)C2=O)cc1. The lowest BCUT2D eigenvalue weighted by Crippen LogP contribution is -2.36. The summed E-state index contributed by atoms with van der Waals surface area (Å²) in [5, 5.41) is 2.92. The minimum atomic E-state index is -0.220. The summed E-state index contributed by atoms with van der Waals surface area (Å²) < 4.78 is 11.3. The van der Waals surface area contributed by atoms with Crippen molar-refractivity contribution in [3.05, 3.63) is 131 Å². The molecule has 4 aromatic carbocycles. The summed E-state index contributed by atoms with van der Waals surface area (Å²) >= 11 is 0. The number of fused-ring (bicyclic) bond motifs is 1. The molecule has 0 spiro atoms. The highest BCUT2D eigenvalue weighted by atomic mass is 16.5. The smallest absolute Gasteiger partial charge is 0.294 e. The average molecular weight is 505 g/mol. The number of hydrogen-bond donors (Lipinski definition) is 1. The molecule has 1 aliphatic rings. The van der Waals surface area contributed by atoms with E-state index in [1.54, 1.807) is 42.4 Å². The average Bonchev–Trinajstić information content (AvgIpc) is 2.95. The maximum absolute atomic E-state index is 13.5. The first kappa shape index (κ1) is 24.8. The van der Waals surface area contributed by atoms with E-state index in [9.17, 15) is 9.59 Å². The summed E-state index contributed by atoms with van der Waals surface area (Å²) in [6, 6.07) is 30.3. The summed E-state index contributed by atoms with van der Waals surface area (Å²) in [6.07, 6.45) is 1.71. The van der Waals surface area contributed by atoms with E-state index in [4.69, 9.17) is 9.47 Å². The van der Waals surface area contributed by atoms with Gasteiger partial charge in [0.05, 0.1) is 19.3 Å². The molecule has 5 rings (SSSR count). The molecule has 0 aromatic heterocycles. The number of rotatable bonds is 7. The molecule has 1 N–H and O–H groups in total. The van der Waals surface area contributed by atoms with Gasteiger partial charge in [0.15, 0.2) is 11.5 Å². The largest absolute Gasteiger partial charge is 0.496 e. The molecule has 6 nitrogen and oxygen atoms in total. The molecule has 190 valence electrons. The van der Waals surface area contributed by atoms with Crippen LogP contribution in [0, 0.1) is 6.92 Å². The Kier molecular flexibility index (Phi) is 7.22. The Morgan fingerprint density at radius 1 is 0.921 bits per heavy atom. The van der Waals surface area contributed by atoms with E-state index >= 15 is 0 Å². The second kappa shape index (κ2) is 11.0. The van der Waals surface area contributed by atoms with Gasteiger partial charge < -0.3 is 14.8 Å². The Morgan fingerprint density at radius 3 is 2.39 bits per heavy atom. The summed E-state index contributed by atoms with van der Waals surface area (Å²) in [5.74, 6) is 1.16. The predicted molar refractivity (Wildman–Crippen MR) is 148 cm³/mol. The van der Waals surface area contributed by atoms with Crippen molar-refractivity contribution >= 4 is 23.6 Å². The van der Waals surface area contributed by atoms with Crippen molar-refractivity contribution in [1.82, 2.24) is 5.32 Å². The van der Waals surface area contributed by atoms with E-state index in [0.717, 1.165) is 28.1 Å². The van der Waals surface area contributed by atoms with Gasteiger partial charge in [-0.15, -0.1) is 0 Å². The third kappa shape index (κ3) is 5.44. The highest BCUT2D eigenvalue weighted by Crippen LogP contribution is 2.36. The third-order valence-electron chi connectivity index (χ3n) is 6.40. The van der Waals surface area contributed by atoms with Crippen LogP contribution >= 0.6 is 0 Å². The molecule has 0 saturated heterocycles. The Labute approximate surface area is 222 Å². The van der Waals surface area contributed by atoms with Gasteiger partial charge in [0, 0.05) is 17.7 Å². The monoisotopic (exact) mass is 504 g/mol. The van der Waals surface area contributed by atoms with Gasteiger partial charge >= 0.3 is 0 Å². The summed E-state index contributed by atoms with van der Waals surface area (Å²) in [6.45, 7) is 2.82. The molecule has 6 heteroatoms. The van der Waals surface area contributed by atoms with Gasteiger partial charge in [0.2, 0.25) is 0 Å². The van der Waals surface area contributed by atoms with Gasteiger partial charge in [0.1, 0.15) is 5.75 Å². The number of nitrogens with zero attached hydrogens (tertiary/aromatic N) is 1. The molecule has 38 heavy (non-hydrogen) atoms. The molecule has 1 aliphatic heterocycles. The Bertz CT molecular complexity index is 1490. The minimum absolute atomic E-state index is 0.196. The van der Waals surface area contributed by atoms with Crippen LogP contribution in [-0.4, -0.2) is 18.9 Å². The van der Waals surface area contributed by atoms with Crippen LogP contribution in [-0.2, 0) is 17.9 Å². The van der Waals surface area contributed by atoms with Gasteiger partial charge in [-0.25, -0.2) is 0 Å². The maximum atomic E-state index is 13.5. The van der Waals surface area contributed by atoms with Crippen molar-refractivity contribution < 1.29 is 19.1 Å². The Morgan fingerprint density at radius 2 is 1.63 bits per heavy atom. The normalized spacial score (nSPS) is 13.6. The van der Waals surface area contributed by atoms with Gasteiger partial charge in [-0.1, -0.05) is 72.3 Å². The fourth-order valence-corrected chi connectivity index (χ4v) is 4.30. The zero-order valence-corrected chi connectivity index (χ0v) is 21.3. The molecule has 0 atom stereocenters. The van der Waals surface area contributed by atoms with Crippen LogP contribution in [0.2, 0.25) is 0 Å². The van der Waals surface area contributed by atoms with Crippen molar-refractivity contribution in [3.63, 3.8) is 0 Å². The highest BCUT2D eigenvalue weighted by molar-refractivity contribution is 6.09. The first-order chi connectivity index (χ1) is 18.5. The van der Waals surface area contributed by atoms with E-state index in [1.807, 2.05) is 79.7 Å². The topological polar surface area (TPSA) is 67.9 Å².